The third-order valence-electron chi connectivity index (χ3n) is 6.11. The highest BCUT2D eigenvalue weighted by molar-refractivity contribution is 5.91. The van der Waals surface area contributed by atoms with Crippen LogP contribution in [-0.4, -0.2) is 79.6 Å². The quantitative estimate of drug-likeness (QED) is 0.638. The van der Waals surface area contributed by atoms with E-state index >= 15 is 0 Å². The van der Waals surface area contributed by atoms with Crippen LogP contribution in [0.15, 0.2) is 24.3 Å². The number of amides is 2. The number of benzene rings is 1. The number of hydrogen-bond acceptors (Lipinski definition) is 6. The molecule has 0 atom stereocenters. The van der Waals surface area contributed by atoms with E-state index in [9.17, 15) is 18.0 Å². The number of halogens is 3. The number of urea groups is 1. The number of piperidine rings is 1. The summed E-state index contributed by atoms with van der Waals surface area (Å²) in [6, 6.07) is 5.77. The van der Waals surface area contributed by atoms with Crippen LogP contribution < -0.4 is 15.0 Å². The normalized spacial score (nSPS) is 17.9. The Morgan fingerprint density at radius 3 is 2.57 bits per heavy atom. The molecule has 1 aromatic heterocycles. The Bertz CT molecular complexity index is 1050. The molecule has 2 aliphatic heterocycles. The second-order valence-electron chi connectivity index (χ2n) is 8.64. The maximum Gasteiger partial charge on any atom is 0.321 e. The van der Waals surface area contributed by atoms with E-state index < -0.39 is 30.6 Å². The van der Waals surface area contributed by atoms with E-state index in [-0.39, 0.29) is 32.0 Å². The molecule has 0 radical (unpaired) electrons. The Labute approximate surface area is 201 Å². The number of alkyl halides is 2. The summed E-state index contributed by atoms with van der Waals surface area (Å²) in [6.45, 7) is 3.86. The molecule has 2 saturated heterocycles. The van der Waals surface area contributed by atoms with Gasteiger partial charge in [-0.3, -0.25) is 0 Å². The Morgan fingerprint density at radius 1 is 1.17 bits per heavy atom. The number of nitrogens with one attached hydrogen (secondary N) is 1. The van der Waals surface area contributed by atoms with Crippen LogP contribution in [0.1, 0.15) is 18.4 Å². The van der Waals surface area contributed by atoms with Gasteiger partial charge in [-0.15, -0.1) is 0 Å². The van der Waals surface area contributed by atoms with Crippen molar-refractivity contribution < 1.29 is 32.5 Å². The predicted octanol–water partition coefficient (Wildman–Crippen LogP) is 3.67. The number of carbonyl (C=O) groups excluding carboxylic acids is 1. The summed E-state index contributed by atoms with van der Waals surface area (Å²) in [4.78, 5) is 20.5. The van der Waals surface area contributed by atoms with Crippen molar-refractivity contribution in [3.63, 3.8) is 0 Å². The molecule has 0 unspecified atom stereocenters. The largest absolute Gasteiger partial charge is 0.475 e. The summed E-state index contributed by atoms with van der Waals surface area (Å²) in [5, 5.41) is 11.7. The van der Waals surface area contributed by atoms with Gasteiger partial charge >= 0.3 is 6.03 Å². The molecule has 190 valence electrons. The van der Waals surface area contributed by atoms with E-state index in [4.69, 9.17) is 14.6 Å². The van der Waals surface area contributed by atoms with Crippen LogP contribution in [0.2, 0.25) is 0 Å². The van der Waals surface area contributed by atoms with Crippen LogP contribution in [0.25, 0.3) is 11.1 Å². The lowest BCUT2D eigenvalue weighted by Crippen LogP contribution is -2.44. The van der Waals surface area contributed by atoms with Gasteiger partial charge in [0, 0.05) is 45.1 Å². The molecular weight excluding hydrogens is 465 g/mol. The maximum atomic E-state index is 14.8. The van der Waals surface area contributed by atoms with E-state index in [2.05, 4.69) is 10.3 Å². The van der Waals surface area contributed by atoms with Gasteiger partial charge in [0.2, 0.25) is 5.88 Å². The van der Waals surface area contributed by atoms with Crippen molar-refractivity contribution >= 4 is 17.5 Å². The Morgan fingerprint density at radius 2 is 1.89 bits per heavy atom. The molecule has 0 spiro atoms. The van der Waals surface area contributed by atoms with Crippen molar-refractivity contribution in [2.75, 3.05) is 62.8 Å². The Balaban J connectivity index is 1.62. The average Bonchev–Trinajstić information content (AvgIpc) is 2.84. The molecule has 2 fully saturated rings. The summed E-state index contributed by atoms with van der Waals surface area (Å²) >= 11 is 0. The lowest BCUT2D eigenvalue weighted by atomic mass is 10.00. The highest BCUT2D eigenvalue weighted by Gasteiger charge is 2.35. The first-order chi connectivity index (χ1) is 16.8. The van der Waals surface area contributed by atoms with E-state index in [1.54, 1.807) is 13.0 Å². The number of pyridine rings is 1. The van der Waals surface area contributed by atoms with Crippen LogP contribution in [-0.2, 0) is 4.74 Å². The summed E-state index contributed by atoms with van der Waals surface area (Å²) in [6.07, 6.45) is -0.833. The fourth-order valence-electron chi connectivity index (χ4n) is 4.14. The average molecular weight is 495 g/mol. The molecule has 2 aromatic rings. The number of likely N-dealkylation sites (tertiary alicyclic amines) is 1. The monoisotopic (exact) mass is 494 g/mol. The van der Waals surface area contributed by atoms with Gasteiger partial charge in [0.1, 0.15) is 18.2 Å². The highest BCUT2D eigenvalue weighted by Crippen LogP contribution is 2.34. The molecule has 2 amide bonds. The number of morpholine rings is 1. The lowest BCUT2D eigenvalue weighted by Gasteiger charge is -2.31. The summed E-state index contributed by atoms with van der Waals surface area (Å²) in [5.41, 5.74) is 1.93. The first-order valence-electron chi connectivity index (χ1n) is 11.6. The molecule has 11 heteroatoms. The van der Waals surface area contributed by atoms with Crippen LogP contribution in [0.4, 0.5) is 29.5 Å². The van der Waals surface area contributed by atoms with Gasteiger partial charge in [-0.2, -0.15) is 4.98 Å². The second kappa shape index (κ2) is 10.7. The number of nitrogens with zero attached hydrogens (tertiary/aromatic N) is 3. The molecule has 0 bridgehead atoms. The van der Waals surface area contributed by atoms with Crippen molar-refractivity contribution in [3.8, 4) is 17.0 Å². The van der Waals surface area contributed by atoms with Gasteiger partial charge < -0.3 is 29.7 Å². The van der Waals surface area contributed by atoms with E-state index in [0.29, 0.717) is 54.7 Å². The number of rotatable bonds is 6. The summed E-state index contributed by atoms with van der Waals surface area (Å²) < 4.78 is 52.6. The predicted molar refractivity (Wildman–Crippen MR) is 125 cm³/mol. The lowest BCUT2D eigenvalue weighted by molar-refractivity contribution is -0.0461. The molecule has 3 heterocycles. The zero-order chi connectivity index (χ0) is 25.0. The molecule has 4 rings (SSSR count). The van der Waals surface area contributed by atoms with E-state index in [1.807, 2.05) is 11.0 Å². The molecule has 2 N–H and O–H groups in total. The Hall–Kier alpha value is -3.05. The minimum Gasteiger partial charge on any atom is -0.475 e. The van der Waals surface area contributed by atoms with Gasteiger partial charge in [-0.25, -0.2) is 18.0 Å². The second-order valence-corrected chi connectivity index (χ2v) is 8.64. The zero-order valence-corrected chi connectivity index (χ0v) is 19.5. The topological polar surface area (TPSA) is 87.2 Å². The first kappa shape index (κ1) is 25.1. The number of carbonyl (C=O) groups is 1. The molecule has 1 aromatic carbocycles. The van der Waals surface area contributed by atoms with Gasteiger partial charge in [0.15, 0.2) is 0 Å². The molecular formula is C24H29F3N4O4. The SMILES string of the molecule is Cc1cc(F)c(NC(=O)N2CCC(F)(F)CC2)cc1-c1cc(OCCO)nc(N2CCOCC2)c1. The summed E-state index contributed by atoms with van der Waals surface area (Å²) in [5.74, 6) is -2.45. The summed E-state index contributed by atoms with van der Waals surface area (Å²) in [7, 11) is 0. The Kier molecular flexibility index (Phi) is 7.66. The van der Waals surface area contributed by atoms with Crippen LogP contribution >= 0.6 is 0 Å². The smallest absolute Gasteiger partial charge is 0.321 e. The van der Waals surface area contributed by atoms with Crippen LogP contribution in [0.3, 0.4) is 0 Å². The standard InChI is InChI=1S/C24H29F3N4O4/c1-16-12-19(25)20(28-23(33)31-4-2-24(26,27)3-5-31)15-18(16)17-13-21(30-6-9-34-10-7-30)29-22(14-17)35-11-8-32/h12-15,32H,2-11H2,1H3,(H,28,33). The van der Waals surface area contributed by atoms with Gasteiger partial charge in [0.05, 0.1) is 25.5 Å². The van der Waals surface area contributed by atoms with E-state index in [1.165, 1.54) is 17.0 Å². The number of aliphatic hydroxyl groups excluding tert-OH is 1. The molecule has 35 heavy (non-hydrogen) atoms. The van der Waals surface area contributed by atoms with Gasteiger partial charge in [-0.05, 0) is 41.8 Å². The number of ether oxygens (including phenoxy) is 2. The van der Waals surface area contributed by atoms with Gasteiger partial charge in [-0.1, -0.05) is 0 Å². The highest BCUT2D eigenvalue weighted by atomic mass is 19.3. The fraction of sp³-hybridized carbons (Fsp3) is 0.500. The molecule has 2 aliphatic rings. The molecule has 8 nitrogen and oxygen atoms in total. The van der Waals surface area contributed by atoms with Crippen molar-refractivity contribution in [1.82, 2.24) is 9.88 Å². The number of aromatic nitrogens is 1. The van der Waals surface area contributed by atoms with Crippen molar-refractivity contribution in [2.24, 2.45) is 0 Å². The number of hydrogen-bond donors (Lipinski definition) is 2. The van der Waals surface area contributed by atoms with Crippen molar-refractivity contribution in [3.05, 3.63) is 35.6 Å². The maximum absolute atomic E-state index is 14.8. The van der Waals surface area contributed by atoms with Crippen LogP contribution in [0, 0.1) is 12.7 Å². The molecule has 0 saturated carbocycles. The van der Waals surface area contributed by atoms with Crippen molar-refractivity contribution in [2.45, 2.75) is 25.7 Å². The van der Waals surface area contributed by atoms with Gasteiger partial charge in [0.25, 0.3) is 5.92 Å². The number of aryl methyl sites for hydroxylation is 1. The minimum absolute atomic E-state index is 0.0458. The van der Waals surface area contributed by atoms with Crippen molar-refractivity contribution in [1.29, 1.82) is 0 Å². The third kappa shape index (κ3) is 6.15. The van der Waals surface area contributed by atoms with E-state index in [0.717, 1.165) is 0 Å². The fourth-order valence-corrected chi connectivity index (χ4v) is 4.14. The third-order valence-corrected chi connectivity index (χ3v) is 6.11. The molecule has 0 aliphatic carbocycles. The number of aliphatic hydroxyl groups is 1. The minimum atomic E-state index is -2.78. The first-order valence-corrected chi connectivity index (χ1v) is 11.6. The number of anilines is 2. The zero-order valence-electron chi connectivity index (χ0n) is 19.5. The van der Waals surface area contributed by atoms with Crippen LogP contribution in [0.5, 0.6) is 5.88 Å².